The van der Waals surface area contributed by atoms with Crippen LogP contribution in [0.15, 0.2) is 0 Å². The lowest BCUT2D eigenvalue weighted by molar-refractivity contribution is -0.124. The zero-order valence-electron chi connectivity index (χ0n) is 9.36. The second kappa shape index (κ2) is 3.25. The molecule has 80 valence electrons. The Morgan fingerprint density at radius 1 is 1.14 bits per heavy atom. The summed E-state index contributed by atoms with van der Waals surface area (Å²) >= 11 is 0. The van der Waals surface area contributed by atoms with Crippen LogP contribution in [0, 0.1) is 5.41 Å². The summed E-state index contributed by atoms with van der Waals surface area (Å²) in [5, 5.41) is 3.25. The van der Waals surface area contributed by atoms with Crippen LogP contribution in [-0.2, 0) is 4.79 Å². The van der Waals surface area contributed by atoms with Crippen LogP contribution >= 0.6 is 0 Å². The van der Waals surface area contributed by atoms with Gasteiger partial charge in [0.1, 0.15) is 0 Å². The van der Waals surface area contributed by atoms with Crippen LogP contribution in [0.1, 0.15) is 58.8 Å². The van der Waals surface area contributed by atoms with Gasteiger partial charge >= 0.3 is 0 Å². The number of nitrogens with one attached hydrogen (secondary N) is 1. The Balaban J connectivity index is 2.01. The van der Waals surface area contributed by atoms with E-state index in [0.717, 1.165) is 0 Å². The molecular weight excluding hydrogens is 174 g/mol. The summed E-state index contributed by atoms with van der Waals surface area (Å²) < 4.78 is 0. The first-order valence-corrected chi connectivity index (χ1v) is 5.89. The smallest absolute Gasteiger partial charge is 0.220 e. The fraction of sp³-hybridized carbons (Fsp3) is 0.917. The van der Waals surface area contributed by atoms with Crippen molar-refractivity contribution >= 4 is 5.91 Å². The van der Waals surface area contributed by atoms with Crippen LogP contribution in [0.2, 0.25) is 0 Å². The predicted molar refractivity (Wildman–Crippen MR) is 57.0 cm³/mol. The van der Waals surface area contributed by atoms with Gasteiger partial charge in [0.25, 0.3) is 0 Å². The average molecular weight is 195 g/mol. The third kappa shape index (κ3) is 1.67. The Morgan fingerprint density at radius 3 is 2.07 bits per heavy atom. The van der Waals surface area contributed by atoms with Crippen LogP contribution in [0.3, 0.4) is 0 Å². The maximum Gasteiger partial charge on any atom is 0.220 e. The third-order valence-corrected chi connectivity index (χ3v) is 4.35. The van der Waals surface area contributed by atoms with Gasteiger partial charge in [0.05, 0.1) is 0 Å². The standard InChI is InChI=1S/C12H21NO/c1-3-10(14)13-12-7-4-11(2,5-8-12)6-9-12/h3-9H2,1-2H3,(H,13,14). The van der Waals surface area contributed by atoms with Crippen molar-refractivity contribution in [3.63, 3.8) is 0 Å². The first-order valence-electron chi connectivity index (χ1n) is 5.89. The van der Waals surface area contributed by atoms with E-state index < -0.39 is 0 Å². The number of amides is 1. The zero-order valence-corrected chi connectivity index (χ0v) is 9.36. The van der Waals surface area contributed by atoms with Crippen molar-refractivity contribution < 1.29 is 4.79 Å². The summed E-state index contributed by atoms with van der Waals surface area (Å²) in [6.45, 7) is 4.33. The van der Waals surface area contributed by atoms with E-state index in [2.05, 4.69) is 12.2 Å². The quantitative estimate of drug-likeness (QED) is 0.721. The van der Waals surface area contributed by atoms with E-state index in [9.17, 15) is 4.79 Å². The average Bonchev–Trinajstić information content (AvgIpc) is 2.20. The van der Waals surface area contributed by atoms with Gasteiger partial charge in [-0.25, -0.2) is 0 Å². The molecule has 1 amide bonds. The third-order valence-electron chi connectivity index (χ3n) is 4.35. The van der Waals surface area contributed by atoms with Crippen LogP contribution in [0.5, 0.6) is 0 Å². The molecule has 3 aliphatic rings. The van der Waals surface area contributed by atoms with Crippen molar-refractivity contribution in [3.8, 4) is 0 Å². The Labute approximate surface area is 86.5 Å². The van der Waals surface area contributed by atoms with Gasteiger partial charge < -0.3 is 5.32 Å². The van der Waals surface area contributed by atoms with E-state index in [-0.39, 0.29) is 11.4 Å². The molecule has 2 nitrogen and oxygen atoms in total. The normalized spacial score (nSPS) is 41.0. The van der Waals surface area contributed by atoms with Crippen molar-refractivity contribution in [3.05, 3.63) is 0 Å². The highest BCUT2D eigenvalue weighted by Gasteiger charge is 2.46. The molecule has 3 aliphatic carbocycles. The lowest BCUT2D eigenvalue weighted by atomic mass is 9.58. The maximum atomic E-state index is 11.4. The summed E-state index contributed by atoms with van der Waals surface area (Å²) in [7, 11) is 0. The molecule has 3 fully saturated rings. The van der Waals surface area contributed by atoms with Crippen LogP contribution < -0.4 is 5.32 Å². The predicted octanol–water partition coefficient (Wildman–Crippen LogP) is 2.63. The first kappa shape index (κ1) is 10.0. The molecule has 0 aromatic carbocycles. The first-order chi connectivity index (χ1) is 6.58. The molecule has 0 saturated heterocycles. The molecule has 0 heterocycles. The monoisotopic (exact) mass is 195 g/mol. The largest absolute Gasteiger partial charge is 0.351 e. The van der Waals surface area contributed by atoms with Gasteiger partial charge in [-0.3, -0.25) is 4.79 Å². The molecule has 1 N–H and O–H groups in total. The van der Waals surface area contributed by atoms with Gasteiger partial charge in [-0.05, 0) is 43.9 Å². The van der Waals surface area contributed by atoms with Crippen LogP contribution in [0.4, 0.5) is 0 Å². The van der Waals surface area contributed by atoms with Crippen molar-refractivity contribution in [2.24, 2.45) is 5.41 Å². The molecule has 2 bridgehead atoms. The zero-order chi connectivity index (χ0) is 10.2. The van der Waals surface area contributed by atoms with Gasteiger partial charge in [-0.2, -0.15) is 0 Å². The van der Waals surface area contributed by atoms with Crippen LogP contribution in [-0.4, -0.2) is 11.4 Å². The minimum Gasteiger partial charge on any atom is -0.351 e. The minimum atomic E-state index is 0.185. The molecule has 0 aromatic rings. The summed E-state index contributed by atoms with van der Waals surface area (Å²) in [6, 6.07) is 0. The summed E-state index contributed by atoms with van der Waals surface area (Å²) in [4.78, 5) is 11.4. The van der Waals surface area contributed by atoms with Crippen molar-refractivity contribution in [2.75, 3.05) is 0 Å². The molecule has 0 aromatic heterocycles. The number of fused-ring (bicyclic) bond motifs is 3. The topological polar surface area (TPSA) is 29.1 Å². The van der Waals surface area contributed by atoms with E-state index in [0.29, 0.717) is 11.8 Å². The molecule has 0 radical (unpaired) electrons. The van der Waals surface area contributed by atoms with Crippen LogP contribution in [0.25, 0.3) is 0 Å². The van der Waals surface area contributed by atoms with Gasteiger partial charge in [0.2, 0.25) is 5.91 Å². The van der Waals surface area contributed by atoms with Crippen molar-refractivity contribution in [1.29, 1.82) is 0 Å². The highest BCUT2D eigenvalue weighted by molar-refractivity contribution is 5.76. The van der Waals surface area contributed by atoms with Gasteiger partial charge in [-0.15, -0.1) is 0 Å². The molecule has 0 spiro atoms. The number of hydrogen-bond acceptors (Lipinski definition) is 1. The molecule has 0 aliphatic heterocycles. The molecular formula is C12H21NO. The summed E-state index contributed by atoms with van der Waals surface area (Å²) in [5.74, 6) is 0.232. The maximum absolute atomic E-state index is 11.4. The number of hydrogen-bond donors (Lipinski definition) is 1. The van der Waals surface area contributed by atoms with E-state index in [4.69, 9.17) is 0 Å². The number of rotatable bonds is 2. The SMILES string of the molecule is CCC(=O)NC12CCC(C)(CC1)CC2. The summed E-state index contributed by atoms with van der Waals surface area (Å²) in [6.07, 6.45) is 8.14. The van der Waals surface area contributed by atoms with E-state index in [1.54, 1.807) is 0 Å². The van der Waals surface area contributed by atoms with Gasteiger partial charge in [0, 0.05) is 12.0 Å². The Kier molecular flexibility index (Phi) is 2.32. The highest BCUT2D eigenvalue weighted by atomic mass is 16.1. The number of carbonyl (C=O) groups is 1. The second-order valence-corrected chi connectivity index (χ2v) is 5.49. The Bertz CT molecular complexity index is 222. The lowest BCUT2D eigenvalue weighted by Crippen LogP contribution is -2.55. The van der Waals surface area contributed by atoms with Gasteiger partial charge in [0.15, 0.2) is 0 Å². The molecule has 3 rings (SSSR count). The number of carbonyl (C=O) groups excluding carboxylic acids is 1. The second-order valence-electron chi connectivity index (χ2n) is 5.49. The highest BCUT2D eigenvalue weighted by Crippen LogP contribution is 2.51. The summed E-state index contributed by atoms with van der Waals surface area (Å²) in [5.41, 5.74) is 0.781. The molecule has 14 heavy (non-hydrogen) atoms. The van der Waals surface area contributed by atoms with E-state index in [1.165, 1.54) is 38.5 Å². The molecule has 0 atom stereocenters. The fourth-order valence-electron chi connectivity index (χ4n) is 2.94. The molecule has 3 saturated carbocycles. The minimum absolute atomic E-state index is 0.185. The lowest BCUT2D eigenvalue weighted by Gasteiger charge is -2.52. The van der Waals surface area contributed by atoms with Crippen molar-refractivity contribution in [1.82, 2.24) is 5.32 Å². The Hall–Kier alpha value is -0.530. The van der Waals surface area contributed by atoms with Crippen molar-refractivity contribution in [2.45, 2.75) is 64.3 Å². The fourth-order valence-corrected chi connectivity index (χ4v) is 2.94. The molecule has 0 unspecified atom stereocenters. The van der Waals surface area contributed by atoms with E-state index >= 15 is 0 Å². The Morgan fingerprint density at radius 2 is 1.64 bits per heavy atom. The van der Waals surface area contributed by atoms with E-state index in [1.807, 2.05) is 6.92 Å². The molecule has 2 heteroatoms. The van der Waals surface area contributed by atoms with Gasteiger partial charge in [-0.1, -0.05) is 13.8 Å².